The Morgan fingerprint density at radius 3 is 1.31 bits per heavy atom. The predicted molar refractivity (Wildman–Crippen MR) is 199 cm³/mol. The molecule has 0 fully saturated rings. The Balaban J connectivity index is 0.00000154. The van der Waals surface area contributed by atoms with Gasteiger partial charge in [-0.2, -0.15) is 12.1 Å². The molecule has 7 aromatic rings. The van der Waals surface area contributed by atoms with E-state index in [1.54, 1.807) is 0 Å². The zero-order valence-corrected chi connectivity index (χ0v) is 32.2. The second kappa shape index (κ2) is 13.4. The van der Waals surface area contributed by atoms with Gasteiger partial charge < -0.3 is 14.9 Å². The molecule has 0 nitrogen and oxygen atoms in total. The first kappa shape index (κ1) is 34.3. The van der Waals surface area contributed by atoms with Crippen molar-refractivity contribution in [3.05, 3.63) is 165 Å². The number of rotatable bonds is 5. The number of fused-ring (bicyclic) bond motifs is 2. The molecule has 0 aromatic heterocycles. The zero-order valence-electron chi connectivity index (χ0n) is 27.6. The zero-order chi connectivity index (χ0) is 29.0. The molecule has 0 N–H and O–H groups in total. The fraction of sp³-hybridized carbons (Fsp3) is 0.116. The molecule has 0 spiro atoms. The average Bonchev–Trinajstić information content (AvgIpc) is 3.66. The molecule has 0 aliphatic carbocycles. The second-order valence-electron chi connectivity index (χ2n) is 12.1. The summed E-state index contributed by atoms with van der Waals surface area (Å²) < 4.78 is 0. The monoisotopic (exact) mass is 766 g/mol. The topological polar surface area (TPSA) is 0 Å². The van der Waals surface area contributed by atoms with E-state index in [0.717, 1.165) is 0 Å². The second-order valence-corrected chi connectivity index (χ2v) is 16.1. The van der Waals surface area contributed by atoms with Gasteiger partial charge in [0.1, 0.15) is 8.07 Å². The smallest absolute Gasteiger partial charge is 0.358 e. The van der Waals surface area contributed by atoms with Gasteiger partial charge in [-0.05, 0) is 61.1 Å². The van der Waals surface area contributed by atoms with E-state index >= 15 is 0 Å². The normalized spacial score (nSPS) is 11.1. The number of aryl methyl sites for hydroxylation is 2. The Kier molecular flexibility index (Phi) is 10.2. The molecular formula is C43H42HfSi. The van der Waals surface area contributed by atoms with Crippen LogP contribution in [0.3, 0.4) is 0 Å². The molecule has 7 aromatic carbocycles. The largest absolute Gasteiger partial charge is 4.00 e. The first-order valence-corrected chi connectivity index (χ1v) is 17.4. The van der Waals surface area contributed by atoms with Gasteiger partial charge in [0.25, 0.3) is 0 Å². The van der Waals surface area contributed by atoms with Crippen LogP contribution < -0.4 is 15.6 Å². The Morgan fingerprint density at radius 2 is 0.867 bits per heavy atom. The molecule has 0 saturated heterocycles. The molecule has 0 heterocycles. The summed E-state index contributed by atoms with van der Waals surface area (Å²) in [6.07, 6.45) is 0. The van der Waals surface area contributed by atoms with Gasteiger partial charge in [0.15, 0.2) is 0 Å². The molecular weight excluding hydrogens is 723 g/mol. The van der Waals surface area contributed by atoms with Crippen LogP contribution in [0.5, 0.6) is 0 Å². The van der Waals surface area contributed by atoms with Crippen molar-refractivity contribution in [1.82, 2.24) is 0 Å². The third kappa shape index (κ3) is 5.68. The first-order valence-electron chi connectivity index (χ1n) is 14.9. The third-order valence-electron chi connectivity index (χ3n) is 9.80. The van der Waals surface area contributed by atoms with Crippen molar-refractivity contribution in [2.45, 2.75) is 34.2 Å². The maximum atomic E-state index is 2.54. The summed E-state index contributed by atoms with van der Waals surface area (Å²) >= 11 is 0. The van der Waals surface area contributed by atoms with E-state index in [-0.39, 0.29) is 40.7 Å². The molecule has 0 unspecified atom stereocenters. The Hall–Kier alpha value is -3.59. The van der Waals surface area contributed by atoms with Gasteiger partial charge in [-0.25, -0.2) is 0 Å². The quantitative estimate of drug-likeness (QED) is 0.121. The van der Waals surface area contributed by atoms with Crippen LogP contribution in [0.2, 0.25) is 6.55 Å². The first-order chi connectivity index (χ1) is 20.4. The summed E-state index contributed by atoms with van der Waals surface area (Å²) in [4.78, 5) is 0. The van der Waals surface area contributed by atoms with Gasteiger partial charge in [-0.15, -0.1) is 68.3 Å². The van der Waals surface area contributed by atoms with Gasteiger partial charge in [0.05, 0.1) is 0 Å². The Labute approximate surface area is 290 Å². The summed E-state index contributed by atoms with van der Waals surface area (Å²) in [7, 11) is -2.34. The van der Waals surface area contributed by atoms with Crippen LogP contribution in [0.25, 0.3) is 43.8 Å². The number of hydrogen-bond donors (Lipinski definition) is 0. The van der Waals surface area contributed by atoms with Crippen molar-refractivity contribution in [2.75, 3.05) is 0 Å². The van der Waals surface area contributed by atoms with E-state index in [1.807, 2.05) is 0 Å². The molecule has 0 radical (unpaired) electrons. The Bertz CT molecular complexity index is 1960. The summed E-state index contributed by atoms with van der Waals surface area (Å²) in [5.74, 6) is 0. The molecule has 0 atom stereocenters. The van der Waals surface area contributed by atoms with E-state index in [1.165, 1.54) is 81.6 Å². The molecule has 45 heavy (non-hydrogen) atoms. The molecule has 2 heteroatoms. The number of hydrogen-bond acceptors (Lipinski definition) is 0. The predicted octanol–water partition coefficient (Wildman–Crippen LogP) is 10.00. The van der Waals surface area contributed by atoms with Gasteiger partial charge >= 0.3 is 25.8 Å². The third-order valence-corrected chi connectivity index (χ3v) is 14.2. The van der Waals surface area contributed by atoms with Crippen molar-refractivity contribution >= 4 is 45.2 Å². The fourth-order valence-electron chi connectivity index (χ4n) is 6.87. The van der Waals surface area contributed by atoms with Crippen LogP contribution in [0.1, 0.15) is 22.3 Å². The minimum Gasteiger partial charge on any atom is -0.358 e. The van der Waals surface area contributed by atoms with Crippen LogP contribution in [0.4, 0.5) is 0 Å². The van der Waals surface area contributed by atoms with Crippen LogP contribution >= 0.6 is 0 Å². The van der Waals surface area contributed by atoms with Crippen molar-refractivity contribution < 1.29 is 25.8 Å². The van der Waals surface area contributed by atoms with Gasteiger partial charge in [0, 0.05) is 0 Å². The van der Waals surface area contributed by atoms with Crippen molar-refractivity contribution in [2.24, 2.45) is 0 Å². The summed E-state index contributed by atoms with van der Waals surface area (Å²) in [5, 5.41) is 9.72. The van der Waals surface area contributed by atoms with Crippen LogP contribution in [-0.2, 0) is 25.8 Å². The summed E-state index contributed by atoms with van der Waals surface area (Å²) in [5.41, 5.74) is 10.7. The molecule has 0 aliphatic heterocycles. The molecule has 7 rings (SSSR count). The molecule has 222 valence electrons. The van der Waals surface area contributed by atoms with Crippen LogP contribution in [0, 0.1) is 42.5 Å². The number of benzene rings is 5. The fourth-order valence-corrected chi connectivity index (χ4v) is 10.5. The molecule has 0 bridgehead atoms. The molecule has 0 aliphatic rings. The van der Waals surface area contributed by atoms with Crippen molar-refractivity contribution in [3.8, 4) is 22.3 Å². The minimum absolute atomic E-state index is 0. The molecule has 0 saturated carbocycles. The Morgan fingerprint density at radius 1 is 0.467 bits per heavy atom. The summed E-state index contributed by atoms with van der Waals surface area (Å²) in [6, 6.07) is 48.2. The SMILES string of the molecule is Cc1cccc(-c2cccc3[cH-]c([Si](C)(c4ccccc4)c4cc5c(-c6cccc(C)c6C)cccc5[cH-]4)cc23)c1C.[CH3-].[CH3-].[Hf+4]. The van der Waals surface area contributed by atoms with Gasteiger partial charge in [-0.1, -0.05) is 102 Å². The maximum Gasteiger partial charge on any atom is 4.00 e. The minimum atomic E-state index is -2.34. The van der Waals surface area contributed by atoms with Gasteiger partial charge in [-0.3, -0.25) is 0 Å². The van der Waals surface area contributed by atoms with Crippen LogP contribution in [0.15, 0.2) is 127 Å². The van der Waals surface area contributed by atoms with E-state index in [0.29, 0.717) is 0 Å². The molecule has 0 amide bonds. The van der Waals surface area contributed by atoms with Crippen molar-refractivity contribution in [3.63, 3.8) is 0 Å². The van der Waals surface area contributed by atoms with E-state index in [9.17, 15) is 0 Å². The van der Waals surface area contributed by atoms with E-state index < -0.39 is 8.07 Å². The van der Waals surface area contributed by atoms with E-state index in [2.05, 4.69) is 162 Å². The van der Waals surface area contributed by atoms with Crippen LogP contribution in [-0.4, -0.2) is 8.07 Å². The summed E-state index contributed by atoms with van der Waals surface area (Å²) in [6.45, 7) is 11.5. The van der Waals surface area contributed by atoms with Crippen molar-refractivity contribution in [1.29, 1.82) is 0 Å². The van der Waals surface area contributed by atoms with E-state index in [4.69, 9.17) is 0 Å². The van der Waals surface area contributed by atoms with Gasteiger partial charge in [0.2, 0.25) is 0 Å². The average molecular weight is 765 g/mol. The standard InChI is InChI=1S/C41H36Si.2CH3.Hf/c1-27-13-9-19-36(29(27)3)38-21-11-15-31-23-34(25-40(31)38)42(5,33-17-7-6-8-18-33)35-24-32-16-12-22-39(41(32)26-35)37-20-10-14-28(2)30(37)4;;;/h6-26H,1-5H3;2*1H3;/q-2;2*-1;+4. The maximum absolute atomic E-state index is 2.54.